The van der Waals surface area contributed by atoms with Gasteiger partial charge in [-0.3, -0.25) is 9.36 Å². The van der Waals surface area contributed by atoms with E-state index in [1.165, 1.54) is 18.0 Å². The molecule has 0 bridgehead atoms. The first kappa shape index (κ1) is 23.7. The molecular weight excluding hydrogens is 470 g/mol. The third kappa shape index (κ3) is 4.59. The second kappa shape index (κ2) is 9.54. The summed E-state index contributed by atoms with van der Waals surface area (Å²) in [5.41, 5.74) is 6.60. The fourth-order valence-corrected chi connectivity index (χ4v) is 4.28. The van der Waals surface area contributed by atoms with Crippen LogP contribution in [-0.4, -0.2) is 79.0 Å². The molecule has 1 aliphatic carbocycles. The van der Waals surface area contributed by atoms with E-state index < -0.39 is 24.0 Å². The summed E-state index contributed by atoms with van der Waals surface area (Å²) < 4.78 is 11.8. The number of aromatic nitrogens is 4. The van der Waals surface area contributed by atoms with E-state index in [-0.39, 0.29) is 40.7 Å². The Kier molecular flexibility index (Phi) is 6.27. The van der Waals surface area contributed by atoms with Crippen LogP contribution in [0.3, 0.4) is 0 Å². The lowest BCUT2D eigenvalue weighted by Gasteiger charge is -2.29. The lowest BCUT2D eigenvalue weighted by Crippen LogP contribution is -2.38. The van der Waals surface area contributed by atoms with Crippen molar-refractivity contribution in [2.45, 2.75) is 50.5 Å². The molecule has 5 rings (SSSR count). The monoisotopic (exact) mass is 497 g/mol. The zero-order valence-corrected chi connectivity index (χ0v) is 19.7. The Labute approximate surface area is 206 Å². The van der Waals surface area contributed by atoms with Crippen molar-refractivity contribution in [2.75, 3.05) is 25.9 Å². The predicted octanol–water partition coefficient (Wildman–Crippen LogP) is 0.566. The Morgan fingerprint density at radius 1 is 1.28 bits per heavy atom. The van der Waals surface area contributed by atoms with Crippen LogP contribution >= 0.6 is 0 Å². The third-order valence-corrected chi connectivity index (χ3v) is 6.50. The molecule has 5 N–H and O–H groups in total. The molecule has 190 valence electrons. The first-order chi connectivity index (χ1) is 17.4. The Bertz CT molecular complexity index is 1280. The van der Waals surface area contributed by atoms with Crippen molar-refractivity contribution < 1.29 is 29.3 Å². The minimum atomic E-state index is -1.50. The molecule has 2 atom stereocenters. The number of aliphatic hydroxyl groups is 2. The van der Waals surface area contributed by atoms with Gasteiger partial charge in [-0.25, -0.2) is 19.7 Å². The lowest BCUT2D eigenvalue weighted by atomic mass is 9.94. The number of fused-ring (bicyclic) bond motifs is 1. The average molecular weight is 498 g/mol. The van der Waals surface area contributed by atoms with Gasteiger partial charge in [-0.1, -0.05) is 5.92 Å². The second-order valence-corrected chi connectivity index (χ2v) is 9.08. The molecule has 2 aromatic rings. The number of nitrogens with zero attached hydrogens (tertiary/aromatic N) is 5. The Morgan fingerprint density at radius 3 is 2.72 bits per heavy atom. The quantitative estimate of drug-likeness (QED) is 0.436. The minimum Gasteiger partial charge on any atom is -0.506 e. The van der Waals surface area contributed by atoms with Crippen LogP contribution in [0.25, 0.3) is 11.2 Å². The van der Waals surface area contributed by atoms with Gasteiger partial charge in [0.25, 0.3) is 5.91 Å². The van der Waals surface area contributed by atoms with E-state index >= 15 is 0 Å². The number of imidazole rings is 1. The van der Waals surface area contributed by atoms with Crippen LogP contribution in [0.15, 0.2) is 17.8 Å². The summed E-state index contributed by atoms with van der Waals surface area (Å²) in [6, 6.07) is 0.0562. The predicted molar refractivity (Wildman–Crippen MR) is 125 cm³/mol. The molecule has 4 heterocycles. The highest BCUT2D eigenvalue weighted by Crippen LogP contribution is 2.34. The maximum Gasteiger partial charge on any atom is 0.409 e. The van der Waals surface area contributed by atoms with E-state index in [2.05, 4.69) is 32.1 Å². The van der Waals surface area contributed by atoms with Crippen LogP contribution in [0.4, 0.5) is 10.6 Å². The van der Waals surface area contributed by atoms with Crippen LogP contribution < -0.4 is 11.1 Å². The highest BCUT2D eigenvalue weighted by molar-refractivity contribution is 5.93. The topological polar surface area (TPSA) is 178 Å². The Morgan fingerprint density at radius 2 is 2.03 bits per heavy atom. The fourth-order valence-electron chi connectivity index (χ4n) is 4.28. The second-order valence-electron chi connectivity index (χ2n) is 9.08. The zero-order valence-electron chi connectivity index (χ0n) is 19.7. The van der Waals surface area contributed by atoms with Crippen molar-refractivity contribution in [1.29, 1.82) is 0 Å². The smallest absolute Gasteiger partial charge is 0.409 e. The molecule has 0 spiro atoms. The summed E-state index contributed by atoms with van der Waals surface area (Å²) in [5, 5.41) is 23.6. The van der Waals surface area contributed by atoms with E-state index in [4.69, 9.17) is 15.2 Å². The van der Waals surface area contributed by atoms with Crippen molar-refractivity contribution >= 4 is 29.0 Å². The van der Waals surface area contributed by atoms with Gasteiger partial charge in [-0.15, -0.1) is 0 Å². The van der Waals surface area contributed by atoms with Crippen molar-refractivity contribution in [2.24, 2.45) is 5.92 Å². The van der Waals surface area contributed by atoms with Gasteiger partial charge in [0.05, 0.1) is 7.11 Å². The number of methoxy groups -OCH3 is 1. The molecule has 2 aliphatic heterocycles. The van der Waals surface area contributed by atoms with Crippen LogP contribution in [0, 0.1) is 17.8 Å². The van der Waals surface area contributed by atoms with Gasteiger partial charge in [-0.2, -0.15) is 0 Å². The maximum absolute atomic E-state index is 12.4. The van der Waals surface area contributed by atoms with Crippen molar-refractivity contribution in [1.82, 2.24) is 29.7 Å². The number of piperidine rings is 1. The van der Waals surface area contributed by atoms with Gasteiger partial charge in [0.1, 0.15) is 11.8 Å². The number of anilines is 1. The number of nitrogens with two attached hydrogens (primary N) is 1. The fraction of sp³-hybridized carbons (Fsp3) is 0.522. The molecule has 2 aromatic heterocycles. The summed E-state index contributed by atoms with van der Waals surface area (Å²) in [5.74, 6) is 5.15. The van der Waals surface area contributed by atoms with Gasteiger partial charge in [-0.05, 0) is 37.5 Å². The van der Waals surface area contributed by atoms with Crippen molar-refractivity contribution in [3.05, 3.63) is 23.7 Å². The molecule has 3 aliphatic rings. The SMILES string of the molecule is COC(=O)N1CCC(CC#Cc2nc(N)c3ncn([C@@H]4OC(C(=O)NC5CC5)=C(O)C4O)c3n2)CC1. The van der Waals surface area contributed by atoms with Crippen molar-refractivity contribution in [3.63, 3.8) is 0 Å². The van der Waals surface area contributed by atoms with Gasteiger partial charge in [0, 0.05) is 25.6 Å². The molecule has 13 heteroatoms. The van der Waals surface area contributed by atoms with E-state index in [0.717, 1.165) is 25.7 Å². The number of amides is 2. The molecule has 0 radical (unpaired) electrons. The van der Waals surface area contributed by atoms with E-state index in [0.29, 0.717) is 25.4 Å². The number of likely N-dealkylation sites (tertiary alicyclic amines) is 1. The highest BCUT2D eigenvalue weighted by Gasteiger charge is 2.42. The van der Waals surface area contributed by atoms with E-state index in [1.807, 2.05) is 0 Å². The average Bonchev–Trinajstić information content (AvgIpc) is 3.51. The molecular formula is C23H27N7O6. The van der Waals surface area contributed by atoms with Gasteiger partial charge in [0.15, 0.2) is 23.3 Å². The first-order valence-corrected chi connectivity index (χ1v) is 11.8. The van der Waals surface area contributed by atoms with Crippen LogP contribution in [0.1, 0.15) is 44.2 Å². The molecule has 13 nitrogen and oxygen atoms in total. The summed E-state index contributed by atoms with van der Waals surface area (Å²) in [6.07, 6.45) is 2.36. The summed E-state index contributed by atoms with van der Waals surface area (Å²) in [7, 11) is 1.37. The molecule has 0 aromatic carbocycles. The molecule has 36 heavy (non-hydrogen) atoms. The summed E-state index contributed by atoms with van der Waals surface area (Å²) >= 11 is 0. The number of nitrogens with one attached hydrogen (secondary N) is 1. The Balaban J connectivity index is 1.30. The van der Waals surface area contributed by atoms with E-state index in [9.17, 15) is 19.8 Å². The number of nitrogen functional groups attached to an aromatic ring is 1. The first-order valence-electron chi connectivity index (χ1n) is 11.8. The molecule has 1 saturated heterocycles. The Hall–Kier alpha value is -4.05. The van der Waals surface area contributed by atoms with Crippen LogP contribution in [0.2, 0.25) is 0 Å². The number of ether oxygens (including phenoxy) is 2. The number of aliphatic hydroxyl groups excluding tert-OH is 2. The maximum atomic E-state index is 12.4. The third-order valence-electron chi connectivity index (χ3n) is 6.50. The largest absolute Gasteiger partial charge is 0.506 e. The molecule has 2 amide bonds. The molecule has 2 fully saturated rings. The molecule has 1 unspecified atom stereocenters. The number of carbonyl (C=O) groups excluding carboxylic acids is 2. The van der Waals surface area contributed by atoms with Crippen molar-refractivity contribution in [3.8, 4) is 11.8 Å². The van der Waals surface area contributed by atoms with Crippen LogP contribution in [-0.2, 0) is 14.3 Å². The van der Waals surface area contributed by atoms with Gasteiger partial charge >= 0.3 is 6.09 Å². The number of hydrogen-bond donors (Lipinski definition) is 4. The van der Waals surface area contributed by atoms with E-state index in [1.54, 1.807) is 4.90 Å². The number of carbonyl (C=O) groups is 2. The van der Waals surface area contributed by atoms with Gasteiger partial charge < -0.3 is 35.6 Å². The van der Waals surface area contributed by atoms with Gasteiger partial charge in [0.2, 0.25) is 17.8 Å². The number of rotatable bonds is 4. The normalized spacial score (nSPS) is 22.2. The minimum absolute atomic E-state index is 0.0562. The highest BCUT2D eigenvalue weighted by atomic mass is 16.5. The standard InChI is InChI=1S/C23H27N7O6/c1-35-23(34)29-9-7-12(8-10-29)3-2-4-14-27-19(24)15-20(28-14)30(11-25-15)22-17(32)16(31)18(36-22)21(33)26-13-5-6-13/h11-13,17,22,31-32H,3,5-10H2,1H3,(H,26,33)(H2,24,27,28)/t17?,22-/m1/s1. The van der Waals surface area contributed by atoms with Crippen LogP contribution in [0.5, 0.6) is 0 Å². The summed E-state index contributed by atoms with van der Waals surface area (Å²) in [4.78, 5) is 38.5. The lowest BCUT2D eigenvalue weighted by molar-refractivity contribution is -0.122. The zero-order chi connectivity index (χ0) is 25.4. The molecule has 1 saturated carbocycles. The number of hydrogen-bond acceptors (Lipinski definition) is 10. The summed E-state index contributed by atoms with van der Waals surface area (Å²) in [6.45, 7) is 1.25.